The zero-order chi connectivity index (χ0) is 14.0. The van der Waals surface area contributed by atoms with Gasteiger partial charge in [0.15, 0.2) is 11.8 Å². The predicted molar refractivity (Wildman–Crippen MR) is 77.8 cm³/mol. The first-order valence-electron chi connectivity index (χ1n) is 7.43. The lowest BCUT2D eigenvalue weighted by Crippen LogP contribution is -2.24. The lowest BCUT2D eigenvalue weighted by atomic mass is 10.1. The Labute approximate surface area is 116 Å². The van der Waals surface area contributed by atoms with E-state index in [0.29, 0.717) is 25.0 Å². The van der Waals surface area contributed by atoms with Gasteiger partial charge in [0.25, 0.3) is 0 Å². The van der Waals surface area contributed by atoms with E-state index in [1.165, 1.54) is 0 Å². The molecule has 4 heteroatoms. The van der Waals surface area contributed by atoms with Crippen molar-refractivity contribution in [3.63, 3.8) is 0 Å². The molecule has 0 N–H and O–H groups in total. The molecule has 0 saturated heterocycles. The average molecular weight is 266 g/mol. The third-order valence-electron chi connectivity index (χ3n) is 3.93. The molecule has 0 amide bonds. The molecule has 0 fully saturated rings. The molecule has 2 heterocycles. The van der Waals surface area contributed by atoms with Crippen molar-refractivity contribution in [3.05, 3.63) is 0 Å². The molecule has 0 bridgehead atoms. The topological polar surface area (TPSA) is 43.2 Å². The molecule has 0 spiro atoms. The molecule has 4 nitrogen and oxygen atoms in total. The summed E-state index contributed by atoms with van der Waals surface area (Å²) in [6, 6.07) is 0.568. The monoisotopic (exact) mass is 266 g/mol. The largest absolute Gasteiger partial charge is 0.478 e. The minimum absolute atomic E-state index is 0.104. The van der Waals surface area contributed by atoms with Crippen molar-refractivity contribution >= 4 is 11.8 Å². The normalized spacial score (nSPS) is 26.7. The van der Waals surface area contributed by atoms with E-state index in [1.54, 1.807) is 0 Å². The zero-order valence-corrected chi connectivity index (χ0v) is 12.7. The number of aliphatic imine (C=N–C) groups is 2. The molecular formula is C15H26N2O2. The van der Waals surface area contributed by atoms with Crippen molar-refractivity contribution < 1.29 is 9.47 Å². The van der Waals surface area contributed by atoms with E-state index >= 15 is 0 Å². The van der Waals surface area contributed by atoms with Crippen molar-refractivity contribution in [3.8, 4) is 0 Å². The Bertz CT molecular complexity index is 340. The number of hydrogen-bond donors (Lipinski definition) is 0. The SMILES string of the molecule is CCC(C1=N[C@@H](C(C)C)CO1)C1=N[C@@H](C(C)C)CO1. The summed E-state index contributed by atoms with van der Waals surface area (Å²) in [5.74, 6) is 2.79. The van der Waals surface area contributed by atoms with Crippen molar-refractivity contribution in [1.29, 1.82) is 0 Å². The van der Waals surface area contributed by atoms with Gasteiger partial charge < -0.3 is 9.47 Å². The van der Waals surface area contributed by atoms with E-state index in [-0.39, 0.29) is 18.0 Å². The van der Waals surface area contributed by atoms with Crippen molar-refractivity contribution in [2.75, 3.05) is 13.2 Å². The second-order valence-corrected chi connectivity index (χ2v) is 6.14. The van der Waals surface area contributed by atoms with Gasteiger partial charge in [0.05, 0.1) is 12.1 Å². The van der Waals surface area contributed by atoms with Crippen molar-refractivity contribution in [2.24, 2.45) is 27.7 Å². The summed E-state index contributed by atoms with van der Waals surface area (Å²) in [6.07, 6.45) is 0.924. The maximum Gasteiger partial charge on any atom is 0.196 e. The van der Waals surface area contributed by atoms with E-state index in [1.807, 2.05) is 0 Å². The summed E-state index contributed by atoms with van der Waals surface area (Å²) in [5, 5.41) is 0. The van der Waals surface area contributed by atoms with Gasteiger partial charge in [-0.2, -0.15) is 0 Å². The molecule has 0 unspecified atom stereocenters. The van der Waals surface area contributed by atoms with Crippen LogP contribution in [0.15, 0.2) is 9.98 Å². The van der Waals surface area contributed by atoms with Gasteiger partial charge in [0.1, 0.15) is 19.1 Å². The number of ether oxygens (including phenoxy) is 2. The molecular weight excluding hydrogens is 240 g/mol. The van der Waals surface area contributed by atoms with Crippen molar-refractivity contribution in [1.82, 2.24) is 0 Å². The summed E-state index contributed by atoms with van der Waals surface area (Å²) in [7, 11) is 0. The number of rotatable bonds is 5. The summed E-state index contributed by atoms with van der Waals surface area (Å²) in [5.41, 5.74) is 0. The quantitative estimate of drug-likeness (QED) is 0.768. The second kappa shape index (κ2) is 5.93. The highest BCUT2D eigenvalue weighted by Gasteiger charge is 2.34. The fourth-order valence-corrected chi connectivity index (χ4v) is 2.34. The molecule has 2 atom stereocenters. The lowest BCUT2D eigenvalue weighted by Gasteiger charge is -2.13. The van der Waals surface area contributed by atoms with Crippen LogP contribution in [-0.2, 0) is 9.47 Å². The summed E-state index contributed by atoms with van der Waals surface area (Å²) in [6.45, 7) is 12.3. The van der Waals surface area contributed by atoms with Gasteiger partial charge in [0.2, 0.25) is 0 Å². The van der Waals surface area contributed by atoms with Gasteiger partial charge in [0, 0.05) is 0 Å². The molecule has 2 aliphatic rings. The van der Waals surface area contributed by atoms with E-state index < -0.39 is 0 Å². The molecule has 0 aromatic rings. The second-order valence-electron chi connectivity index (χ2n) is 6.14. The predicted octanol–water partition coefficient (Wildman–Crippen LogP) is 2.92. The molecule has 19 heavy (non-hydrogen) atoms. The molecule has 0 radical (unpaired) electrons. The minimum Gasteiger partial charge on any atom is -0.478 e. The molecule has 2 rings (SSSR count). The van der Waals surface area contributed by atoms with Crippen LogP contribution in [0, 0.1) is 17.8 Å². The highest BCUT2D eigenvalue weighted by molar-refractivity contribution is 6.01. The minimum atomic E-state index is 0.104. The summed E-state index contributed by atoms with van der Waals surface area (Å²) < 4.78 is 11.6. The third kappa shape index (κ3) is 3.10. The molecule has 0 saturated carbocycles. The van der Waals surface area contributed by atoms with E-state index in [4.69, 9.17) is 19.5 Å². The number of hydrogen-bond acceptors (Lipinski definition) is 4. The van der Waals surface area contributed by atoms with Gasteiger partial charge in [-0.3, -0.25) is 0 Å². The maximum atomic E-state index is 5.78. The van der Waals surface area contributed by atoms with Crippen LogP contribution in [-0.4, -0.2) is 37.1 Å². The van der Waals surface area contributed by atoms with Crippen LogP contribution in [0.2, 0.25) is 0 Å². The maximum absolute atomic E-state index is 5.78. The Morgan fingerprint density at radius 3 is 1.63 bits per heavy atom. The molecule has 0 aromatic carbocycles. The van der Waals surface area contributed by atoms with Crippen LogP contribution in [0.4, 0.5) is 0 Å². The first-order chi connectivity index (χ1) is 9.02. The van der Waals surface area contributed by atoms with Gasteiger partial charge in [-0.05, 0) is 18.3 Å². The van der Waals surface area contributed by atoms with Gasteiger partial charge in [-0.1, -0.05) is 34.6 Å². The smallest absolute Gasteiger partial charge is 0.196 e. The third-order valence-corrected chi connectivity index (χ3v) is 3.93. The Morgan fingerprint density at radius 2 is 1.37 bits per heavy atom. The van der Waals surface area contributed by atoms with Crippen molar-refractivity contribution in [2.45, 2.75) is 53.1 Å². The molecule has 0 aromatic heterocycles. The van der Waals surface area contributed by atoms with Crippen LogP contribution in [0.25, 0.3) is 0 Å². The Hall–Kier alpha value is -1.06. The van der Waals surface area contributed by atoms with E-state index in [0.717, 1.165) is 18.2 Å². The van der Waals surface area contributed by atoms with Gasteiger partial charge in [-0.15, -0.1) is 0 Å². The molecule has 0 aliphatic carbocycles. The van der Waals surface area contributed by atoms with Crippen LogP contribution in [0.3, 0.4) is 0 Å². The first-order valence-corrected chi connectivity index (χ1v) is 7.43. The van der Waals surface area contributed by atoms with Gasteiger partial charge in [-0.25, -0.2) is 9.98 Å². The highest BCUT2D eigenvalue weighted by Crippen LogP contribution is 2.24. The fraction of sp³-hybridized carbons (Fsp3) is 0.867. The average Bonchev–Trinajstić information content (AvgIpc) is 2.98. The fourth-order valence-electron chi connectivity index (χ4n) is 2.34. The molecule has 108 valence electrons. The van der Waals surface area contributed by atoms with Crippen LogP contribution in [0.5, 0.6) is 0 Å². The first kappa shape index (κ1) is 14.4. The summed E-state index contributed by atoms with van der Waals surface area (Å²) in [4.78, 5) is 9.41. The highest BCUT2D eigenvalue weighted by atomic mass is 16.5. The van der Waals surface area contributed by atoms with E-state index in [2.05, 4.69) is 34.6 Å². The van der Waals surface area contributed by atoms with Gasteiger partial charge >= 0.3 is 0 Å². The number of nitrogens with zero attached hydrogens (tertiary/aromatic N) is 2. The molecule has 2 aliphatic heterocycles. The van der Waals surface area contributed by atoms with Crippen LogP contribution < -0.4 is 0 Å². The zero-order valence-electron chi connectivity index (χ0n) is 12.7. The Balaban J connectivity index is 2.09. The van der Waals surface area contributed by atoms with Crippen LogP contribution >= 0.6 is 0 Å². The summed E-state index contributed by atoms with van der Waals surface area (Å²) >= 11 is 0. The van der Waals surface area contributed by atoms with E-state index in [9.17, 15) is 0 Å². The Morgan fingerprint density at radius 1 is 0.947 bits per heavy atom. The lowest BCUT2D eigenvalue weighted by molar-refractivity contribution is 0.264. The van der Waals surface area contributed by atoms with Crippen LogP contribution in [0.1, 0.15) is 41.0 Å². The standard InChI is InChI=1S/C15H26N2O2/c1-6-11(14-16-12(7-18-14)9(2)3)15-17-13(8-19-15)10(4)5/h9-13H,6-8H2,1-5H3/t12-,13-/m1/s1. The Kier molecular flexibility index (Phi) is 4.48.